The van der Waals surface area contributed by atoms with Crippen LogP contribution in [0.4, 0.5) is 11.5 Å². The van der Waals surface area contributed by atoms with Crippen LogP contribution in [0.3, 0.4) is 0 Å². The van der Waals surface area contributed by atoms with Gasteiger partial charge in [0, 0.05) is 48.9 Å². The number of aromatic nitrogens is 2. The van der Waals surface area contributed by atoms with E-state index >= 15 is 0 Å². The average molecular weight is 447 g/mol. The number of carbonyl (C=O) groups is 1. The Balaban J connectivity index is 1.23. The second-order valence-corrected chi connectivity index (χ2v) is 7.88. The number of aryl methyl sites for hydroxylation is 1. The van der Waals surface area contributed by atoms with Crippen molar-refractivity contribution in [3.05, 3.63) is 69.8 Å². The predicted octanol–water partition coefficient (Wildman–Crippen LogP) is 3.05. The number of ether oxygens (including phenoxy) is 2. The molecule has 2 aromatic carbocycles. The number of fused-ring (bicyclic) bond motifs is 1. The van der Waals surface area contributed by atoms with Crippen LogP contribution in [0.2, 0.25) is 0 Å². The number of hydrogen-bond donors (Lipinski definition) is 0. The molecule has 0 saturated carbocycles. The van der Waals surface area contributed by atoms with E-state index in [-0.39, 0.29) is 18.4 Å². The van der Waals surface area contributed by atoms with Crippen molar-refractivity contribution >= 4 is 17.4 Å². The first-order valence-electron chi connectivity index (χ1n) is 10.5. The number of carbonyl (C=O) groups excluding carboxylic acids is 1. The lowest BCUT2D eigenvalue weighted by molar-refractivity contribution is -0.385. The van der Waals surface area contributed by atoms with Crippen LogP contribution in [0.5, 0.6) is 11.5 Å². The molecule has 5 rings (SSSR count). The quantitative estimate of drug-likeness (QED) is 0.443. The molecule has 0 aliphatic carbocycles. The third-order valence-corrected chi connectivity index (χ3v) is 5.86. The van der Waals surface area contributed by atoms with Crippen molar-refractivity contribution in [2.45, 2.75) is 6.92 Å². The van der Waals surface area contributed by atoms with Crippen LogP contribution in [-0.2, 0) is 0 Å². The molecule has 1 amide bonds. The minimum atomic E-state index is -0.462. The number of nitro benzene ring substituents is 1. The molecule has 1 saturated heterocycles. The minimum absolute atomic E-state index is 0.0442. The van der Waals surface area contributed by atoms with E-state index in [1.54, 1.807) is 24.0 Å². The predicted molar refractivity (Wildman–Crippen MR) is 120 cm³/mol. The van der Waals surface area contributed by atoms with E-state index < -0.39 is 4.92 Å². The standard InChI is InChI=1S/C23H21N5O5/c1-15-2-3-17(12-19(15)28(30)31)23(29)27-10-8-26(9-11-27)22-7-5-18(24-25-22)16-4-6-20-21(13-16)33-14-32-20/h2-7,12-13H,8-11,14H2,1H3. The summed E-state index contributed by atoms with van der Waals surface area (Å²) in [4.78, 5) is 27.3. The van der Waals surface area contributed by atoms with Gasteiger partial charge in [-0.2, -0.15) is 0 Å². The van der Waals surface area contributed by atoms with Crippen molar-refractivity contribution in [2.75, 3.05) is 37.9 Å². The van der Waals surface area contributed by atoms with Gasteiger partial charge in [-0.05, 0) is 43.3 Å². The number of anilines is 1. The highest BCUT2D eigenvalue weighted by Gasteiger charge is 2.25. The molecule has 10 heteroatoms. The van der Waals surface area contributed by atoms with Gasteiger partial charge in [-0.3, -0.25) is 14.9 Å². The maximum atomic E-state index is 12.8. The zero-order chi connectivity index (χ0) is 22.9. The molecule has 0 spiro atoms. The van der Waals surface area contributed by atoms with E-state index in [1.807, 2.05) is 30.3 Å². The number of hydrogen-bond acceptors (Lipinski definition) is 8. The molecule has 2 aliphatic rings. The Bertz CT molecular complexity index is 1220. The van der Waals surface area contributed by atoms with Gasteiger partial charge in [0.15, 0.2) is 17.3 Å². The Labute approximate surface area is 189 Å². The van der Waals surface area contributed by atoms with E-state index in [1.165, 1.54) is 6.07 Å². The van der Waals surface area contributed by atoms with E-state index in [0.717, 1.165) is 22.8 Å². The maximum absolute atomic E-state index is 12.8. The Morgan fingerprint density at radius 1 is 0.970 bits per heavy atom. The summed E-state index contributed by atoms with van der Waals surface area (Å²) in [7, 11) is 0. The molecule has 3 aromatic rings. The van der Waals surface area contributed by atoms with Gasteiger partial charge in [0.1, 0.15) is 0 Å². The Hall–Kier alpha value is -4.21. The molecule has 1 aromatic heterocycles. The summed E-state index contributed by atoms with van der Waals surface area (Å²) in [6.07, 6.45) is 0. The van der Waals surface area contributed by atoms with Crippen molar-refractivity contribution in [1.29, 1.82) is 0 Å². The number of nitro groups is 1. The first-order chi connectivity index (χ1) is 16.0. The highest BCUT2D eigenvalue weighted by atomic mass is 16.7. The van der Waals surface area contributed by atoms with Gasteiger partial charge < -0.3 is 19.3 Å². The van der Waals surface area contributed by atoms with Crippen LogP contribution in [-0.4, -0.2) is 58.9 Å². The molecular formula is C23H21N5O5. The van der Waals surface area contributed by atoms with Crippen LogP contribution in [0.15, 0.2) is 48.5 Å². The third kappa shape index (κ3) is 4.02. The lowest BCUT2D eigenvalue weighted by Gasteiger charge is -2.35. The smallest absolute Gasteiger partial charge is 0.273 e. The molecule has 10 nitrogen and oxygen atoms in total. The summed E-state index contributed by atoms with van der Waals surface area (Å²) in [6.45, 7) is 4.05. The SMILES string of the molecule is Cc1ccc(C(=O)N2CCN(c3ccc(-c4ccc5c(c4)OCO5)nn3)CC2)cc1[N+](=O)[O-]. The molecule has 0 atom stereocenters. The van der Waals surface area contributed by atoms with Crippen LogP contribution >= 0.6 is 0 Å². The van der Waals surface area contributed by atoms with Crippen molar-refractivity contribution in [1.82, 2.24) is 15.1 Å². The normalized spacial score (nSPS) is 14.9. The summed E-state index contributed by atoms with van der Waals surface area (Å²) in [5.41, 5.74) is 2.43. The molecule has 0 unspecified atom stereocenters. The fourth-order valence-electron chi connectivity index (χ4n) is 3.96. The average Bonchev–Trinajstić information content (AvgIpc) is 3.32. The van der Waals surface area contributed by atoms with Crippen molar-refractivity contribution < 1.29 is 19.2 Å². The molecule has 1 fully saturated rings. The van der Waals surface area contributed by atoms with Gasteiger partial charge in [-0.1, -0.05) is 6.07 Å². The van der Waals surface area contributed by atoms with E-state index in [9.17, 15) is 14.9 Å². The van der Waals surface area contributed by atoms with Gasteiger partial charge >= 0.3 is 0 Å². The van der Waals surface area contributed by atoms with Crippen LogP contribution in [0.1, 0.15) is 15.9 Å². The zero-order valence-corrected chi connectivity index (χ0v) is 17.9. The number of amides is 1. The first-order valence-corrected chi connectivity index (χ1v) is 10.5. The highest BCUT2D eigenvalue weighted by Crippen LogP contribution is 2.35. The number of rotatable bonds is 4. The van der Waals surface area contributed by atoms with Gasteiger partial charge in [0.05, 0.1) is 10.6 Å². The fourth-order valence-corrected chi connectivity index (χ4v) is 3.96. The highest BCUT2D eigenvalue weighted by molar-refractivity contribution is 5.95. The van der Waals surface area contributed by atoms with E-state index in [4.69, 9.17) is 9.47 Å². The first kappa shape index (κ1) is 20.7. The monoisotopic (exact) mass is 447 g/mol. The molecule has 2 aliphatic heterocycles. The van der Waals surface area contributed by atoms with Gasteiger partial charge in [0.25, 0.3) is 11.6 Å². The fraction of sp³-hybridized carbons (Fsp3) is 0.261. The largest absolute Gasteiger partial charge is 0.454 e. The Kier molecular flexibility index (Phi) is 5.25. The summed E-state index contributed by atoms with van der Waals surface area (Å²) >= 11 is 0. The van der Waals surface area contributed by atoms with Gasteiger partial charge in [-0.25, -0.2) is 0 Å². The second kappa shape index (κ2) is 8.38. The minimum Gasteiger partial charge on any atom is -0.454 e. The van der Waals surface area contributed by atoms with Crippen molar-refractivity contribution in [2.24, 2.45) is 0 Å². The Morgan fingerprint density at radius 2 is 1.76 bits per heavy atom. The lowest BCUT2D eigenvalue weighted by Crippen LogP contribution is -2.49. The third-order valence-electron chi connectivity index (χ3n) is 5.86. The van der Waals surface area contributed by atoms with Gasteiger partial charge in [0.2, 0.25) is 6.79 Å². The molecule has 33 heavy (non-hydrogen) atoms. The number of benzene rings is 2. The summed E-state index contributed by atoms with van der Waals surface area (Å²) in [5.74, 6) is 1.94. The van der Waals surface area contributed by atoms with Crippen LogP contribution < -0.4 is 14.4 Å². The molecule has 0 bridgehead atoms. The van der Waals surface area contributed by atoms with Crippen molar-refractivity contribution in [3.63, 3.8) is 0 Å². The van der Waals surface area contributed by atoms with Crippen LogP contribution in [0.25, 0.3) is 11.3 Å². The summed E-state index contributed by atoms with van der Waals surface area (Å²) in [6, 6.07) is 14.1. The summed E-state index contributed by atoms with van der Waals surface area (Å²) < 4.78 is 10.8. The summed E-state index contributed by atoms with van der Waals surface area (Å²) in [5, 5.41) is 19.9. The lowest BCUT2D eigenvalue weighted by atomic mass is 10.1. The molecular weight excluding hydrogens is 426 g/mol. The van der Waals surface area contributed by atoms with E-state index in [2.05, 4.69) is 15.1 Å². The van der Waals surface area contributed by atoms with Crippen molar-refractivity contribution in [3.8, 4) is 22.8 Å². The molecule has 168 valence electrons. The molecule has 0 radical (unpaired) electrons. The maximum Gasteiger partial charge on any atom is 0.273 e. The van der Waals surface area contributed by atoms with Gasteiger partial charge in [-0.15, -0.1) is 10.2 Å². The van der Waals surface area contributed by atoms with E-state index in [0.29, 0.717) is 43.1 Å². The molecule has 0 N–H and O–H groups in total. The Morgan fingerprint density at radius 3 is 2.48 bits per heavy atom. The zero-order valence-electron chi connectivity index (χ0n) is 17.9. The molecule has 3 heterocycles. The number of nitrogens with zero attached hydrogens (tertiary/aromatic N) is 5. The second-order valence-electron chi connectivity index (χ2n) is 7.88. The number of piperazine rings is 1. The van der Waals surface area contributed by atoms with Crippen LogP contribution in [0, 0.1) is 17.0 Å². The topological polar surface area (TPSA) is 111 Å².